The lowest BCUT2D eigenvalue weighted by atomic mass is 10.1. The molecule has 0 radical (unpaired) electrons. The van der Waals surface area contributed by atoms with Crippen molar-refractivity contribution in [1.82, 2.24) is 20.0 Å². The number of piperidine rings is 1. The van der Waals surface area contributed by atoms with Gasteiger partial charge in [0.15, 0.2) is 0 Å². The van der Waals surface area contributed by atoms with Crippen molar-refractivity contribution in [3.63, 3.8) is 0 Å². The quantitative estimate of drug-likeness (QED) is 0.869. The molecule has 1 atom stereocenters. The van der Waals surface area contributed by atoms with Crippen LogP contribution < -0.4 is 5.32 Å². The molecule has 1 saturated heterocycles. The predicted molar refractivity (Wildman–Crippen MR) is 99.9 cm³/mol. The van der Waals surface area contributed by atoms with Gasteiger partial charge in [-0.05, 0) is 56.0 Å². The Kier molecular flexibility index (Phi) is 5.94. The number of rotatable bonds is 5. The summed E-state index contributed by atoms with van der Waals surface area (Å²) in [5, 5.41) is 7.90. The van der Waals surface area contributed by atoms with Crippen molar-refractivity contribution in [3.05, 3.63) is 53.6 Å². The van der Waals surface area contributed by atoms with Crippen LogP contribution in [0.3, 0.4) is 0 Å². The summed E-state index contributed by atoms with van der Waals surface area (Å²) in [5.74, 6) is -0.330. The van der Waals surface area contributed by atoms with E-state index in [0.29, 0.717) is 18.3 Å². The molecule has 2 aromatic rings. The highest BCUT2D eigenvalue weighted by Crippen LogP contribution is 2.30. The van der Waals surface area contributed by atoms with E-state index in [-0.39, 0.29) is 30.2 Å². The van der Waals surface area contributed by atoms with Crippen LogP contribution in [0.2, 0.25) is 0 Å². The molecule has 2 fully saturated rings. The van der Waals surface area contributed by atoms with E-state index in [4.69, 9.17) is 0 Å². The number of nitrogens with one attached hydrogen (secondary N) is 1. The first-order chi connectivity index (χ1) is 12.2. The summed E-state index contributed by atoms with van der Waals surface area (Å²) >= 11 is 0. The van der Waals surface area contributed by atoms with Gasteiger partial charge in [0.2, 0.25) is 0 Å². The number of carbonyl (C=O) groups excluding carboxylic acids is 1. The van der Waals surface area contributed by atoms with E-state index in [1.165, 1.54) is 12.1 Å². The van der Waals surface area contributed by atoms with Crippen LogP contribution in [0.15, 0.2) is 36.5 Å². The highest BCUT2D eigenvalue weighted by atomic mass is 35.5. The zero-order chi connectivity index (χ0) is 17.2. The Morgan fingerprint density at radius 2 is 2.15 bits per heavy atom. The number of aromatic nitrogens is 2. The molecule has 1 N–H and O–H groups in total. The molecule has 1 aromatic carbocycles. The molecule has 1 unspecified atom stereocenters. The highest BCUT2D eigenvalue weighted by molar-refractivity contribution is 5.92. The first-order valence-corrected chi connectivity index (χ1v) is 9.02. The van der Waals surface area contributed by atoms with Gasteiger partial charge in [0, 0.05) is 25.3 Å². The van der Waals surface area contributed by atoms with E-state index in [1.54, 1.807) is 12.1 Å². The SMILES string of the molecule is Cl.O=C(c1ccn(C2CCCNC2)n1)N(Cc1cccc(F)c1)C1CC1. The Morgan fingerprint density at radius 1 is 1.31 bits per heavy atom. The molecule has 1 amide bonds. The molecule has 2 heterocycles. The van der Waals surface area contributed by atoms with E-state index in [1.807, 2.05) is 21.8 Å². The molecule has 0 spiro atoms. The summed E-state index contributed by atoms with van der Waals surface area (Å²) in [7, 11) is 0. The molecule has 7 heteroatoms. The van der Waals surface area contributed by atoms with E-state index < -0.39 is 0 Å². The molecule has 26 heavy (non-hydrogen) atoms. The topological polar surface area (TPSA) is 50.2 Å². The molecule has 1 saturated carbocycles. The molecule has 1 aliphatic heterocycles. The van der Waals surface area contributed by atoms with E-state index >= 15 is 0 Å². The lowest BCUT2D eigenvalue weighted by Crippen LogP contribution is -2.34. The van der Waals surface area contributed by atoms with Crippen LogP contribution >= 0.6 is 12.4 Å². The molecule has 5 nitrogen and oxygen atoms in total. The predicted octanol–water partition coefficient (Wildman–Crippen LogP) is 3.17. The van der Waals surface area contributed by atoms with Crippen molar-refractivity contribution in [2.45, 2.75) is 44.3 Å². The van der Waals surface area contributed by atoms with Crippen LogP contribution in [0.1, 0.15) is 47.8 Å². The number of amides is 1. The van der Waals surface area contributed by atoms with Gasteiger partial charge in [-0.1, -0.05) is 12.1 Å². The fourth-order valence-corrected chi connectivity index (χ4v) is 3.45. The first-order valence-electron chi connectivity index (χ1n) is 9.02. The Bertz CT molecular complexity index is 756. The second kappa shape index (κ2) is 8.18. The normalized spacial score (nSPS) is 19.7. The molecular formula is C19H24ClFN4O. The van der Waals surface area contributed by atoms with Gasteiger partial charge >= 0.3 is 0 Å². The number of nitrogens with zero attached hydrogens (tertiary/aromatic N) is 3. The lowest BCUT2D eigenvalue weighted by molar-refractivity contribution is 0.0722. The van der Waals surface area contributed by atoms with Crippen LogP contribution in [0.5, 0.6) is 0 Å². The van der Waals surface area contributed by atoms with Gasteiger partial charge < -0.3 is 10.2 Å². The van der Waals surface area contributed by atoms with Crippen molar-refractivity contribution < 1.29 is 9.18 Å². The smallest absolute Gasteiger partial charge is 0.274 e. The minimum absolute atomic E-state index is 0. The molecule has 140 valence electrons. The molecule has 0 bridgehead atoms. The van der Waals surface area contributed by atoms with Crippen molar-refractivity contribution in [2.24, 2.45) is 0 Å². The summed E-state index contributed by atoms with van der Waals surface area (Å²) in [6, 6.07) is 8.83. The second-order valence-electron chi connectivity index (χ2n) is 6.98. The maximum atomic E-state index is 13.4. The minimum atomic E-state index is -0.269. The molecule has 4 rings (SSSR count). The summed E-state index contributed by atoms with van der Waals surface area (Å²) in [6.07, 6.45) is 6.13. The van der Waals surface area contributed by atoms with E-state index in [9.17, 15) is 9.18 Å². The third-order valence-corrected chi connectivity index (χ3v) is 4.96. The van der Waals surface area contributed by atoms with E-state index in [0.717, 1.165) is 44.3 Å². The third kappa shape index (κ3) is 4.24. The maximum Gasteiger partial charge on any atom is 0.274 e. The molecule has 2 aliphatic rings. The standard InChI is InChI=1S/C19H23FN4O.ClH/c20-15-4-1-3-14(11-15)13-23(16-6-7-16)19(25)18-8-10-24(22-18)17-5-2-9-21-12-17;/h1,3-4,8,10-11,16-17,21H,2,5-7,9,12-13H2;1H. The van der Waals surface area contributed by atoms with Gasteiger partial charge in [-0.2, -0.15) is 5.10 Å². The van der Waals surface area contributed by atoms with Gasteiger partial charge in [-0.3, -0.25) is 9.48 Å². The van der Waals surface area contributed by atoms with Gasteiger partial charge in [0.05, 0.1) is 6.04 Å². The van der Waals surface area contributed by atoms with Crippen LogP contribution in [0.25, 0.3) is 0 Å². The number of benzene rings is 1. The zero-order valence-electron chi connectivity index (χ0n) is 14.6. The molecule has 1 aliphatic carbocycles. The fraction of sp³-hybridized carbons (Fsp3) is 0.474. The number of halogens is 2. The van der Waals surface area contributed by atoms with Crippen LogP contribution in [-0.2, 0) is 6.54 Å². The lowest BCUT2D eigenvalue weighted by Gasteiger charge is -2.23. The van der Waals surface area contributed by atoms with Crippen molar-refractivity contribution >= 4 is 18.3 Å². The summed E-state index contributed by atoms with van der Waals surface area (Å²) in [5.41, 5.74) is 1.30. The molecular weight excluding hydrogens is 355 g/mol. The van der Waals surface area contributed by atoms with E-state index in [2.05, 4.69) is 10.4 Å². The monoisotopic (exact) mass is 378 g/mol. The zero-order valence-corrected chi connectivity index (χ0v) is 15.4. The number of hydrogen-bond acceptors (Lipinski definition) is 3. The maximum absolute atomic E-state index is 13.4. The average Bonchev–Trinajstić information content (AvgIpc) is 3.35. The van der Waals surface area contributed by atoms with Crippen molar-refractivity contribution in [3.8, 4) is 0 Å². The van der Waals surface area contributed by atoms with Gasteiger partial charge in [-0.25, -0.2) is 4.39 Å². The Balaban J connectivity index is 0.00000196. The first kappa shape index (κ1) is 18.9. The van der Waals surface area contributed by atoms with Crippen molar-refractivity contribution in [1.29, 1.82) is 0 Å². The van der Waals surface area contributed by atoms with Crippen LogP contribution in [0.4, 0.5) is 4.39 Å². The van der Waals surface area contributed by atoms with Crippen LogP contribution in [-0.4, -0.2) is 39.7 Å². The summed E-state index contributed by atoms with van der Waals surface area (Å²) in [4.78, 5) is 14.8. The largest absolute Gasteiger partial charge is 0.330 e. The van der Waals surface area contributed by atoms with Gasteiger partial charge in [-0.15, -0.1) is 12.4 Å². The Morgan fingerprint density at radius 3 is 2.85 bits per heavy atom. The van der Waals surface area contributed by atoms with Gasteiger partial charge in [0.1, 0.15) is 11.5 Å². The molecule has 1 aromatic heterocycles. The second-order valence-corrected chi connectivity index (χ2v) is 6.98. The Hall–Kier alpha value is -1.92. The third-order valence-electron chi connectivity index (χ3n) is 4.96. The number of carbonyl (C=O) groups is 1. The Labute approximate surface area is 159 Å². The fourth-order valence-electron chi connectivity index (χ4n) is 3.45. The minimum Gasteiger partial charge on any atom is -0.330 e. The highest BCUT2D eigenvalue weighted by Gasteiger charge is 2.34. The van der Waals surface area contributed by atoms with Crippen LogP contribution in [0, 0.1) is 5.82 Å². The van der Waals surface area contributed by atoms with Crippen molar-refractivity contribution in [2.75, 3.05) is 13.1 Å². The summed E-state index contributed by atoms with van der Waals surface area (Å²) in [6.45, 7) is 2.37. The average molecular weight is 379 g/mol. The van der Waals surface area contributed by atoms with Gasteiger partial charge in [0.25, 0.3) is 5.91 Å². The summed E-state index contributed by atoms with van der Waals surface area (Å²) < 4.78 is 15.4. The number of hydrogen-bond donors (Lipinski definition) is 1.